The van der Waals surface area contributed by atoms with E-state index in [9.17, 15) is 4.79 Å². The maximum atomic E-state index is 11.9. The summed E-state index contributed by atoms with van der Waals surface area (Å²) in [6.07, 6.45) is 0. The molecule has 3 rings (SSSR count). The molecule has 6 heteroatoms. The molecular formula is C15H12ClN3OS. The van der Waals surface area contributed by atoms with E-state index in [0.717, 1.165) is 15.9 Å². The van der Waals surface area contributed by atoms with Crippen LogP contribution in [0.5, 0.6) is 0 Å². The highest BCUT2D eigenvalue weighted by molar-refractivity contribution is 8.00. The van der Waals surface area contributed by atoms with Gasteiger partial charge in [-0.1, -0.05) is 23.7 Å². The smallest absolute Gasteiger partial charge is 0.237 e. The highest BCUT2D eigenvalue weighted by atomic mass is 35.5. The molecule has 0 radical (unpaired) electrons. The summed E-state index contributed by atoms with van der Waals surface area (Å²) in [5.41, 5.74) is 1.73. The van der Waals surface area contributed by atoms with Gasteiger partial charge in [0.15, 0.2) is 0 Å². The largest absolute Gasteiger partial charge is 0.324 e. The van der Waals surface area contributed by atoms with Gasteiger partial charge >= 0.3 is 0 Å². The van der Waals surface area contributed by atoms with E-state index in [2.05, 4.69) is 15.3 Å². The number of rotatable bonds is 4. The fourth-order valence-corrected chi connectivity index (χ4v) is 2.68. The Hall–Kier alpha value is -1.98. The lowest BCUT2D eigenvalue weighted by atomic mass is 10.3. The van der Waals surface area contributed by atoms with Gasteiger partial charge in [-0.2, -0.15) is 0 Å². The third-order valence-corrected chi connectivity index (χ3v) is 4.09. The summed E-state index contributed by atoms with van der Waals surface area (Å²) in [6.45, 7) is 0. The number of anilines is 1. The molecule has 0 aliphatic carbocycles. The Kier molecular flexibility index (Phi) is 4.13. The van der Waals surface area contributed by atoms with E-state index >= 15 is 0 Å². The first kappa shape index (κ1) is 14.0. The summed E-state index contributed by atoms with van der Waals surface area (Å²) >= 11 is 7.27. The molecule has 0 spiro atoms. The van der Waals surface area contributed by atoms with Gasteiger partial charge in [0, 0.05) is 9.92 Å². The number of carbonyl (C=O) groups excluding carboxylic acids is 1. The zero-order valence-electron chi connectivity index (χ0n) is 11.0. The minimum atomic E-state index is -0.103. The number of hydrogen-bond acceptors (Lipinski definition) is 3. The maximum absolute atomic E-state index is 11.9. The number of halogens is 1. The van der Waals surface area contributed by atoms with Crippen molar-refractivity contribution in [1.82, 2.24) is 9.97 Å². The lowest BCUT2D eigenvalue weighted by Crippen LogP contribution is -2.14. The number of aromatic nitrogens is 2. The number of hydrogen-bond donors (Lipinski definition) is 2. The van der Waals surface area contributed by atoms with Crippen molar-refractivity contribution in [1.29, 1.82) is 0 Å². The van der Waals surface area contributed by atoms with E-state index in [1.54, 1.807) is 12.1 Å². The van der Waals surface area contributed by atoms with Gasteiger partial charge < -0.3 is 4.98 Å². The van der Waals surface area contributed by atoms with Gasteiger partial charge in [0.25, 0.3) is 0 Å². The summed E-state index contributed by atoms with van der Waals surface area (Å²) in [7, 11) is 0. The van der Waals surface area contributed by atoms with Crippen molar-refractivity contribution in [2.75, 3.05) is 11.1 Å². The first-order valence-electron chi connectivity index (χ1n) is 6.34. The number of nitrogens with one attached hydrogen (secondary N) is 2. The first-order valence-corrected chi connectivity index (χ1v) is 7.70. The Morgan fingerprint density at radius 3 is 2.71 bits per heavy atom. The van der Waals surface area contributed by atoms with Crippen LogP contribution in [0.15, 0.2) is 53.4 Å². The average molecular weight is 318 g/mol. The fourth-order valence-electron chi connectivity index (χ4n) is 1.86. The van der Waals surface area contributed by atoms with Gasteiger partial charge in [0.1, 0.15) is 0 Å². The zero-order chi connectivity index (χ0) is 14.7. The third-order valence-electron chi connectivity index (χ3n) is 2.83. The average Bonchev–Trinajstić information content (AvgIpc) is 2.88. The van der Waals surface area contributed by atoms with Gasteiger partial charge in [-0.3, -0.25) is 10.1 Å². The van der Waals surface area contributed by atoms with Crippen molar-refractivity contribution in [2.24, 2.45) is 0 Å². The number of nitrogens with zero attached hydrogens (tertiary/aromatic N) is 1. The molecule has 1 heterocycles. The van der Waals surface area contributed by atoms with Crippen LogP contribution in [0.3, 0.4) is 0 Å². The minimum Gasteiger partial charge on any atom is -0.324 e. The van der Waals surface area contributed by atoms with Crippen LogP contribution in [0.1, 0.15) is 0 Å². The summed E-state index contributed by atoms with van der Waals surface area (Å²) in [5, 5.41) is 3.45. The van der Waals surface area contributed by atoms with Gasteiger partial charge in [-0.15, -0.1) is 11.8 Å². The van der Waals surface area contributed by atoms with Crippen molar-refractivity contribution in [2.45, 2.75) is 4.90 Å². The van der Waals surface area contributed by atoms with Crippen LogP contribution < -0.4 is 5.32 Å². The maximum Gasteiger partial charge on any atom is 0.237 e. The predicted octanol–water partition coefficient (Wildman–Crippen LogP) is 3.95. The highest BCUT2D eigenvalue weighted by Gasteiger charge is 2.07. The highest BCUT2D eigenvalue weighted by Crippen LogP contribution is 2.20. The first-order chi connectivity index (χ1) is 10.2. The number of amides is 1. The number of fused-ring (bicyclic) bond motifs is 1. The van der Waals surface area contributed by atoms with Crippen LogP contribution in [0.4, 0.5) is 5.95 Å². The van der Waals surface area contributed by atoms with E-state index < -0.39 is 0 Å². The Morgan fingerprint density at radius 1 is 1.19 bits per heavy atom. The Balaban J connectivity index is 1.59. The summed E-state index contributed by atoms with van der Waals surface area (Å²) in [6, 6.07) is 15.0. The summed E-state index contributed by atoms with van der Waals surface area (Å²) in [5.74, 6) is 0.686. The number of thioether (sulfide) groups is 1. The molecule has 2 N–H and O–H groups in total. The minimum absolute atomic E-state index is 0.103. The topological polar surface area (TPSA) is 57.8 Å². The van der Waals surface area contributed by atoms with E-state index in [1.807, 2.05) is 36.4 Å². The molecule has 0 fully saturated rings. The van der Waals surface area contributed by atoms with Gasteiger partial charge in [-0.05, 0) is 36.4 Å². The number of H-pyrrole nitrogens is 1. The second-order valence-electron chi connectivity index (χ2n) is 4.39. The monoisotopic (exact) mass is 317 g/mol. The molecule has 0 atom stereocenters. The molecule has 0 saturated heterocycles. The molecule has 2 aromatic carbocycles. The summed E-state index contributed by atoms with van der Waals surface area (Å²) in [4.78, 5) is 20.3. The quantitative estimate of drug-likeness (QED) is 0.716. The van der Waals surface area contributed by atoms with Crippen LogP contribution >= 0.6 is 23.4 Å². The molecule has 1 aromatic heterocycles. The third kappa shape index (κ3) is 3.56. The molecule has 21 heavy (non-hydrogen) atoms. The molecule has 0 saturated carbocycles. The predicted molar refractivity (Wildman–Crippen MR) is 86.9 cm³/mol. The SMILES string of the molecule is O=C(CSc1ccc(Cl)cc1)Nc1nc2ccccc2[nH]1. The van der Waals surface area contributed by atoms with E-state index in [-0.39, 0.29) is 5.91 Å². The van der Waals surface area contributed by atoms with Crippen LogP contribution in [-0.4, -0.2) is 21.6 Å². The number of para-hydroxylation sites is 2. The zero-order valence-corrected chi connectivity index (χ0v) is 12.5. The molecular weight excluding hydrogens is 306 g/mol. The standard InChI is InChI=1S/C15H12ClN3OS/c16-10-5-7-11(8-6-10)21-9-14(20)19-15-17-12-3-1-2-4-13(12)18-15/h1-8H,9H2,(H2,17,18,19,20). The van der Waals surface area contributed by atoms with E-state index in [1.165, 1.54) is 11.8 Å². The number of carbonyl (C=O) groups is 1. The van der Waals surface area contributed by atoms with Crippen LogP contribution in [0.25, 0.3) is 11.0 Å². The molecule has 0 bridgehead atoms. The Bertz CT molecular complexity index is 737. The molecule has 0 aliphatic heterocycles. The summed E-state index contributed by atoms with van der Waals surface area (Å²) < 4.78 is 0. The van der Waals surface area contributed by atoms with Gasteiger partial charge in [0.05, 0.1) is 16.8 Å². The second kappa shape index (κ2) is 6.20. The number of imidazole rings is 1. The molecule has 0 aliphatic rings. The second-order valence-corrected chi connectivity index (χ2v) is 5.88. The van der Waals surface area contributed by atoms with Gasteiger partial charge in [0.2, 0.25) is 11.9 Å². The van der Waals surface area contributed by atoms with Crippen molar-refractivity contribution in [3.63, 3.8) is 0 Å². The van der Waals surface area contributed by atoms with Crippen LogP contribution in [-0.2, 0) is 4.79 Å². The van der Waals surface area contributed by atoms with Crippen molar-refractivity contribution < 1.29 is 4.79 Å². The normalized spacial score (nSPS) is 10.7. The van der Waals surface area contributed by atoms with Crippen LogP contribution in [0, 0.1) is 0 Å². The molecule has 106 valence electrons. The number of aromatic amines is 1. The molecule has 4 nitrogen and oxygen atoms in total. The molecule has 1 amide bonds. The van der Waals surface area contributed by atoms with Gasteiger partial charge in [-0.25, -0.2) is 4.98 Å². The van der Waals surface area contributed by atoms with Crippen molar-refractivity contribution in [3.8, 4) is 0 Å². The lowest BCUT2D eigenvalue weighted by Gasteiger charge is -2.02. The van der Waals surface area contributed by atoms with Crippen molar-refractivity contribution in [3.05, 3.63) is 53.6 Å². The van der Waals surface area contributed by atoms with Crippen molar-refractivity contribution >= 4 is 46.3 Å². The Labute approximate surface area is 130 Å². The van der Waals surface area contributed by atoms with E-state index in [0.29, 0.717) is 16.7 Å². The lowest BCUT2D eigenvalue weighted by molar-refractivity contribution is -0.113. The van der Waals surface area contributed by atoms with Crippen LogP contribution in [0.2, 0.25) is 5.02 Å². The fraction of sp³-hybridized carbons (Fsp3) is 0.0667. The Morgan fingerprint density at radius 2 is 1.95 bits per heavy atom. The van der Waals surface area contributed by atoms with E-state index in [4.69, 9.17) is 11.6 Å². The number of benzene rings is 2. The molecule has 0 unspecified atom stereocenters. The molecule has 3 aromatic rings.